The fourth-order valence-electron chi connectivity index (χ4n) is 3.28. The van der Waals surface area contributed by atoms with E-state index in [4.69, 9.17) is 4.74 Å². The molecule has 0 fully saturated rings. The highest BCUT2D eigenvalue weighted by molar-refractivity contribution is 9.09. The van der Waals surface area contributed by atoms with Crippen LogP contribution in [0.2, 0.25) is 0 Å². The molecular formula is C22H43BrO2. The molecule has 0 rings (SSSR count). The lowest BCUT2D eigenvalue weighted by Gasteiger charge is -2.17. The summed E-state index contributed by atoms with van der Waals surface area (Å²) < 4.78 is 5.49. The van der Waals surface area contributed by atoms with Gasteiger partial charge >= 0.3 is 5.97 Å². The van der Waals surface area contributed by atoms with Crippen LogP contribution >= 0.6 is 15.9 Å². The fourth-order valence-corrected chi connectivity index (χ4v) is 3.68. The van der Waals surface area contributed by atoms with Gasteiger partial charge in [-0.2, -0.15) is 0 Å². The summed E-state index contributed by atoms with van der Waals surface area (Å²) in [4.78, 5) is 11.8. The molecule has 0 aromatic rings. The van der Waals surface area contributed by atoms with E-state index in [0.717, 1.165) is 30.5 Å². The summed E-state index contributed by atoms with van der Waals surface area (Å²) in [7, 11) is 0. The number of ether oxygens (including phenoxy) is 1. The molecule has 0 aromatic heterocycles. The Labute approximate surface area is 166 Å². The first-order valence-corrected chi connectivity index (χ1v) is 12.1. The molecule has 0 N–H and O–H groups in total. The number of hydrogen-bond acceptors (Lipinski definition) is 2. The molecule has 0 saturated heterocycles. The van der Waals surface area contributed by atoms with E-state index in [1.807, 2.05) is 0 Å². The first kappa shape index (κ1) is 24.9. The zero-order valence-electron chi connectivity index (χ0n) is 17.0. The predicted octanol–water partition coefficient (Wildman–Crippen LogP) is 7.82. The molecular weight excluding hydrogens is 376 g/mol. The first-order chi connectivity index (χ1) is 12.2. The van der Waals surface area contributed by atoms with Crippen molar-refractivity contribution in [3.05, 3.63) is 0 Å². The quantitative estimate of drug-likeness (QED) is 0.121. The van der Waals surface area contributed by atoms with Crippen LogP contribution in [-0.4, -0.2) is 17.9 Å². The van der Waals surface area contributed by atoms with E-state index < -0.39 is 0 Å². The largest absolute Gasteiger partial charge is 0.466 e. The van der Waals surface area contributed by atoms with E-state index >= 15 is 0 Å². The smallest absolute Gasteiger partial charge is 0.305 e. The van der Waals surface area contributed by atoms with Gasteiger partial charge in [-0.1, -0.05) is 107 Å². The Morgan fingerprint density at radius 1 is 0.760 bits per heavy atom. The normalized spacial score (nSPS) is 11.2. The Morgan fingerprint density at radius 2 is 1.32 bits per heavy atom. The van der Waals surface area contributed by atoms with E-state index in [1.54, 1.807) is 0 Å². The number of hydrogen-bond donors (Lipinski definition) is 0. The lowest BCUT2D eigenvalue weighted by Crippen LogP contribution is -2.10. The molecule has 0 spiro atoms. The minimum atomic E-state index is 0.00885. The molecule has 0 unspecified atom stereocenters. The standard InChI is InChI=1S/C22H43BrO2/c1-3-5-7-11-15-21(16-12-8-6-4-2)18-20-25-22(24)17-13-9-10-14-19-23/h21H,3-20H2,1-2H3. The molecule has 0 aliphatic rings. The Bertz CT molecular complexity index is 269. The highest BCUT2D eigenvalue weighted by Gasteiger charge is 2.10. The zero-order chi connectivity index (χ0) is 18.6. The van der Waals surface area contributed by atoms with Gasteiger partial charge in [-0.15, -0.1) is 0 Å². The molecule has 0 aromatic carbocycles. The molecule has 2 nitrogen and oxygen atoms in total. The van der Waals surface area contributed by atoms with Crippen LogP contribution < -0.4 is 0 Å². The Balaban J connectivity index is 3.83. The van der Waals surface area contributed by atoms with Crippen molar-refractivity contribution in [1.82, 2.24) is 0 Å². The summed E-state index contributed by atoms with van der Waals surface area (Å²) in [5.74, 6) is 0.759. The highest BCUT2D eigenvalue weighted by atomic mass is 79.9. The van der Waals surface area contributed by atoms with Gasteiger partial charge < -0.3 is 4.74 Å². The molecule has 0 aliphatic carbocycles. The van der Waals surface area contributed by atoms with E-state index in [2.05, 4.69) is 29.8 Å². The second kappa shape index (κ2) is 20.3. The number of rotatable bonds is 19. The van der Waals surface area contributed by atoms with Crippen molar-refractivity contribution in [2.24, 2.45) is 5.92 Å². The van der Waals surface area contributed by atoms with Gasteiger partial charge in [0.2, 0.25) is 0 Å². The predicted molar refractivity (Wildman–Crippen MR) is 113 cm³/mol. The maximum atomic E-state index is 11.8. The van der Waals surface area contributed by atoms with Crippen molar-refractivity contribution in [2.45, 2.75) is 117 Å². The minimum Gasteiger partial charge on any atom is -0.466 e. The van der Waals surface area contributed by atoms with Crippen molar-refractivity contribution in [3.63, 3.8) is 0 Å². The van der Waals surface area contributed by atoms with Crippen LogP contribution in [0.3, 0.4) is 0 Å². The van der Waals surface area contributed by atoms with Crippen molar-refractivity contribution < 1.29 is 9.53 Å². The second-order valence-electron chi connectivity index (χ2n) is 7.43. The van der Waals surface area contributed by atoms with Crippen LogP contribution in [-0.2, 0) is 9.53 Å². The van der Waals surface area contributed by atoms with Crippen molar-refractivity contribution >= 4 is 21.9 Å². The van der Waals surface area contributed by atoms with Gasteiger partial charge in [0.1, 0.15) is 0 Å². The Hall–Kier alpha value is -0.0500. The van der Waals surface area contributed by atoms with Crippen LogP contribution in [0.4, 0.5) is 0 Å². The number of carbonyl (C=O) groups is 1. The molecule has 150 valence electrons. The van der Waals surface area contributed by atoms with Crippen molar-refractivity contribution in [1.29, 1.82) is 0 Å². The van der Waals surface area contributed by atoms with E-state index in [9.17, 15) is 4.79 Å². The number of alkyl halides is 1. The second-order valence-corrected chi connectivity index (χ2v) is 8.22. The number of halogens is 1. The van der Waals surface area contributed by atoms with Gasteiger partial charge in [-0.25, -0.2) is 0 Å². The maximum absolute atomic E-state index is 11.8. The molecule has 0 radical (unpaired) electrons. The van der Waals surface area contributed by atoms with Crippen LogP contribution in [0.1, 0.15) is 117 Å². The van der Waals surface area contributed by atoms with Gasteiger partial charge in [-0.3, -0.25) is 4.79 Å². The minimum absolute atomic E-state index is 0.00885. The van der Waals surface area contributed by atoms with E-state index in [-0.39, 0.29) is 5.97 Å². The van der Waals surface area contributed by atoms with Crippen LogP contribution in [0.5, 0.6) is 0 Å². The molecule has 0 bridgehead atoms. The Kier molecular flexibility index (Phi) is 20.2. The lowest BCUT2D eigenvalue weighted by molar-refractivity contribution is -0.144. The molecule has 0 saturated carbocycles. The fraction of sp³-hybridized carbons (Fsp3) is 0.955. The molecule has 25 heavy (non-hydrogen) atoms. The van der Waals surface area contributed by atoms with Gasteiger partial charge in [-0.05, 0) is 25.2 Å². The van der Waals surface area contributed by atoms with E-state index in [1.165, 1.54) is 77.0 Å². The maximum Gasteiger partial charge on any atom is 0.305 e. The molecule has 0 heterocycles. The number of esters is 1. The van der Waals surface area contributed by atoms with Crippen molar-refractivity contribution in [3.8, 4) is 0 Å². The van der Waals surface area contributed by atoms with Gasteiger partial charge in [0.15, 0.2) is 0 Å². The topological polar surface area (TPSA) is 26.3 Å². The highest BCUT2D eigenvalue weighted by Crippen LogP contribution is 2.21. The zero-order valence-corrected chi connectivity index (χ0v) is 18.6. The van der Waals surface area contributed by atoms with Crippen LogP contribution in [0, 0.1) is 5.92 Å². The monoisotopic (exact) mass is 418 g/mol. The summed E-state index contributed by atoms with van der Waals surface area (Å²) >= 11 is 3.44. The van der Waals surface area contributed by atoms with Gasteiger partial charge in [0.05, 0.1) is 6.61 Å². The summed E-state index contributed by atoms with van der Waals surface area (Å²) in [5.41, 5.74) is 0. The van der Waals surface area contributed by atoms with Gasteiger partial charge in [0, 0.05) is 11.8 Å². The summed E-state index contributed by atoms with van der Waals surface area (Å²) in [6, 6.07) is 0. The summed E-state index contributed by atoms with van der Waals surface area (Å²) in [6.45, 7) is 5.16. The Morgan fingerprint density at radius 3 is 1.88 bits per heavy atom. The van der Waals surface area contributed by atoms with Crippen molar-refractivity contribution in [2.75, 3.05) is 11.9 Å². The van der Waals surface area contributed by atoms with Crippen LogP contribution in [0.15, 0.2) is 0 Å². The average molecular weight is 419 g/mol. The molecule has 0 atom stereocenters. The lowest BCUT2D eigenvalue weighted by atomic mass is 9.92. The van der Waals surface area contributed by atoms with E-state index in [0.29, 0.717) is 13.0 Å². The summed E-state index contributed by atoms with van der Waals surface area (Å²) in [6.07, 6.45) is 19.5. The third-order valence-electron chi connectivity index (χ3n) is 4.99. The molecule has 0 aliphatic heterocycles. The first-order valence-electron chi connectivity index (χ1n) is 11.0. The summed E-state index contributed by atoms with van der Waals surface area (Å²) in [5, 5.41) is 1.06. The third-order valence-corrected chi connectivity index (χ3v) is 5.55. The van der Waals surface area contributed by atoms with Crippen LogP contribution in [0.25, 0.3) is 0 Å². The number of unbranched alkanes of at least 4 members (excludes halogenated alkanes) is 9. The third kappa shape index (κ3) is 18.5. The average Bonchev–Trinajstić information content (AvgIpc) is 2.61. The number of carbonyl (C=O) groups excluding carboxylic acids is 1. The molecule has 0 amide bonds. The molecule has 3 heteroatoms. The van der Waals surface area contributed by atoms with Gasteiger partial charge in [0.25, 0.3) is 0 Å². The SMILES string of the molecule is CCCCCCC(CCCCCC)CCOC(=O)CCCCCCBr.